The minimum absolute atomic E-state index is 0.166. The summed E-state index contributed by atoms with van der Waals surface area (Å²) in [5, 5.41) is 4.39. The Kier molecular flexibility index (Phi) is 2.83. The SMILES string of the molecule is CCn1ncc(Cl)c1C(=O)c1coc(C)c1. The smallest absolute Gasteiger partial charge is 0.215 e. The summed E-state index contributed by atoms with van der Waals surface area (Å²) < 4.78 is 6.68. The van der Waals surface area contributed by atoms with E-state index in [0.717, 1.165) is 0 Å². The Morgan fingerprint density at radius 1 is 1.62 bits per heavy atom. The number of aromatic nitrogens is 2. The van der Waals surface area contributed by atoms with Crippen molar-refractivity contribution in [3.8, 4) is 0 Å². The highest BCUT2D eigenvalue weighted by molar-refractivity contribution is 6.34. The predicted octanol–water partition coefficient (Wildman–Crippen LogP) is 2.69. The number of carbonyl (C=O) groups excluding carboxylic acids is 1. The van der Waals surface area contributed by atoms with Crippen molar-refractivity contribution in [2.75, 3.05) is 0 Å². The Hall–Kier alpha value is -1.55. The van der Waals surface area contributed by atoms with Crippen LogP contribution < -0.4 is 0 Å². The van der Waals surface area contributed by atoms with Gasteiger partial charge in [-0.25, -0.2) is 0 Å². The number of furan rings is 1. The first kappa shape index (κ1) is 11.0. The van der Waals surface area contributed by atoms with Gasteiger partial charge in [0.25, 0.3) is 0 Å². The van der Waals surface area contributed by atoms with Gasteiger partial charge in [0.2, 0.25) is 5.78 Å². The van der Waals surface area contributed by atoms with E-state index in [9.17, 15) is 4.79 Å². The zero-order chi connectivity index (χ0) is 11.7. The van der Waals surface area contributed by atoms with Gasteiger partial charge in [-0.1, -0.05) is 11.6 Å². The van der Waals surface area contributed by atoms with Gasteiger partial charge in [0.15, 0.2) is 0 Å². The Labute approximate surface area is 97.8 Å². The molecule has 0 bridgehead atoms. The zero-order valence-electron chi connectivity index (χ0n) is 9.03. The summed E-state index contributed by atoms with van der Waals surface area (Å²) in [4.78, 5) is 12.1. The van der Waals surface area contributed by atoms with Crippen LogP contribution in [0.3, 0.4) is 0 Å². The van der Waals surface area contributed by atoms with Gasteiger partial charge in [0, 0.05) is 6.54 Å². The van der Waals surface area contributed by atoms with Crippen LogP contribution in [0.4, 0.5) is 0 Å². The van der Waals surface area contributed by atoms with E-state index in [2.05, 4.69) is 5.10 Å². The minimum atomic E-state index is -0.166. The van der Waals surface area contributed by atoms with Crippen LogP contribution in [0.5, 0.6) is 0 Å². The fourth-order valence-corrected chi connectivity index (χ4v) is 1.75. The maximum absolute atomic E-state index is 12.1. The molecule has 2 heterocycles. The van der Waals surface area contributed by atoms with Gasteiger partial charge in [0.1, 0.15) is 17.7 Å². The van der Waals surface area contributed by atoms with E-state index in [0.29, 0.717) is 28.6 Å². The van der Waals surface area contributed by atoms with Crippen LogP contribution >= 0.6 is 11.6 Å². The maximum atomic E-state index is 12.1. The molecule has 0 aromatic carbocycles. The molecular formula is C11H11ClN2O2. The van der Waals surface area contributed by atoms with Gasteiger partial charge in [-0.05, 0) is 19.9 Å². The number of aryl methyl sites for hydroxylation is 2. The quantitative estimate of drug-likeness (QED) is 0.773. The monoisotopic (exact) mass is 238 g/mol. The molecule has 16 heavy (non-hydrogen) atoms. The van der Waals surface area contributed by atoms with Crippen LogP contribution in [0, 0.1) is 6.92 Å². The average molecular weight is 239 g/mol. The van der Waals surface area contributed by atoms with E-state index >= 15 is 0 Å². The normalized spacial score (nSPS) is 10.7. The van der Waals surface area contributed by atoms with Gasteiger partial charge in [-0.15, -0.1) is 0 Å². The summed E-state index contributed by atoms with van der Waals surface area (Å²) in [6.07, 6.45) is 2.91. The molecule has 4 nitrogen and oxygen atoms in total. The lowest BCUT2D eigenvalue weighted by Gasteiger charge is -2.02. The summed E-state index contributed by atoms with van der Waals surface area (Å²) >= 11 is 5.94. The molecule has 0 saturated heterocycles. The lowest BCUT2D eigenvalue weighted by Crippen LogP contribution is -2.10. The summed E-state index contributed by atoms with van der Waals surface area (Å²) in [6.45, 7) is 4.29. The number of nitrogens with zero attached hydrogens (tertiary/aromatic N) is 2. The van der Waals surface area contributed by atoms with Gasteiger partial charge >= 0.3 is 0 Å². The summed E-state index contributed by atoms with van der Waals surface area (Å²) in [5.74, 6) is 0.531. The number of carbonyl (C=O) groups is 1. The first-order valence-corrected chi connectivity index (χ1v) is 5.32. The summed E-state index contributed by atoms with van der Waals surface area (Å²) in [7, 11) is 0. The first-order valence-electron chi connectivity index (χ1n) is 4.94. The molecule has 84 valence electrons. The average Bonchev–Trinajstić information content (AvgIpc) is 2.83. The molecule has 2 aromatic heterocycles. The Bertz CT molecular complexity index is 528. The lowest BCUT2D eigenvalue weighted by atomic mass is 10.1. The van der Waals surface area contributed by atoms with Crippen LogP contribution in [0.15, 0.2) is 22.9 Å². The fraction of sp³-hybridized carbons (Fsp3) is 0.273. The topological polar surface area (TPSA) is 48.0 Å². The van der Waals surface area contributed by atoms with Crippen LogP contribution in [0.25, 0.3) is 0 Å². The molecular weight excluding hydrogens is 228 g/mol. The third-order valence-electron chi connectivity index (χ3n) is 2.30. The molecule has 5 heteroatoms. The van der Waals surface area contributed by atoms with Crippen molar-refractivity contribution in [2.45, 2.75) is 20.4 Å². The van der Waals surface area contributed by atoms with E-state index < -0.39 is 0 Å². The van der Waals surface area contributed by atoms with Crippen molar-refractivity contribution >= 4 is 17.4 Å². The standard InChI is InChI=1S/C11H11ClN2O2/c1-3-14-10(9(12)5-13-14)11(15)8-4-7(2)16-6-8/h4-6H,3H2,1-2H3. The highest BCUT2D eigenvalue weighted by atomic mass is 35.5. The Balaban J connectivity index is 2.44. The fourth-order valence-electron chi connectivity index (χ4n) is 1.53. The van der Waals surface area contributed by atoms with Crippen LogP contribution in [0.2, 0.25) is 5.02 Å². The largest absolute Gasteiger partial charge is 0.469 e. The summed E-state index contributed by atoms with van der Waals surface area (Å²) in [5.41, 5.74) is 0.902. The van der Waals surface area contributed by atoms with Gasteiger partial charge in [0.05, 0.1) is 16.8 Å². The van der Waals surface area contributed by atoms with E-state index in [1.54, 1.807) is 17.7 Å². The molecule has 0 unspecified atom stereocenters. The second kappa shape index (κ2) is 4.14. The highest BCUT2D eigenvalue weighted by Crippen LogP contribution is 2.20. The second-order valence-corrected chi connectivity index (χ2v) is 3.84. The van der Waals surface area contributed by atoms with Gasteiger partial charge in [-0.2, -0.15) is 5.10 Å². The van der Waals surface area contributed by atoms with E-state index in [1.807, 2.05) is 6.92 Å². The third kappa shape index (κ3) is 1.76. The van der Waals surface area contributed by atoms with Crippen LogP contribution in [-0.4, -0.2) is 15.6 Å². The molecule has 0 saturated carbocycles. The minimum Gasteiger partial charge on any atom is -0.469 e. The zero-order valence-corrected chi connectivity index (χ0v) is 9.78. The van der Waals surface area contributed by atoms with Crippen molar-refractivity contribution in [1.29, 1.82) is 0 Å². The van der Waals surface area contributed by atoms with Gasteiger partial charge < -0.3 is 4.42 Å². The maximum Gasteiger partial charge on any atom is 0.215 e. The van der Waals surface area contributed by atoms with Crippen molar-refractivity contribution in [1.82, 2.24) is 9.78 Å². The number of halogens is 1. The van der Waals surface area contributed by atoms with E-state index in [4.69, 9.17) is 16.0 Å². The Morgan fingerprint density at radius 2 is 2.38 bits per heavy atom. The molecule has 2 aromatic rings. The highest BCUT2D eigenvalue weighted by Gasteiger charge is 2.19. The number of hydrogen-bond acceptors (Lipinski definition) is 3. The van der Waals surface area contributed by atoms with Crippen molar-refractivity contribution < 1.29 is 9.21 Å². The third-order valence-corrected chi connectivity index (χ3v) is 2.58. The molecule has 0 radical (unpaired) electrons. The molecule has 0 atom stereocenters. The van der Waals surface area contributed by atoms with Crippen LogP contribution in [-0.2, 0) is 6.54 Å². The molecule has 0 amide bonds. The molecule has 0 aliphatic heterocycles. The second-order valence-electron chi connectivity index (χ2n) is 3.43. The number of hydrogen-bond donors (Lipinski definition) is 0. The van der Waals surface area contributed by atoms with Crippen molar-refractivity contribution in [3.05, 3.63) is 40.6 Å². The molecule has 0 spiro atoms. The summed E-state index contributed by atoms with van der Waals surface area (Å²) in [6, 6.07) is 1.69. The van der Waals surface area contributed by atoms with E-state index in [-0.39, 0.29) is 5.78 Å². The first-order chi connectivity index (χ1) is 7.63. The number of rotatable bonds is 3. The molecule has 0 aliphatic carbocycles. The van der Waals surface area contributed by atoms with Crippen molar-refractivity contribution in [3.63, 3.8) is 0 Å². The molecule has 0 aliphatic rings. The van der Waals surface area contributed by atoms with Gasteiger partial charge in [-0.3, -0.25) is 9.48 Å². The lowest BCUT2D eigenvalue weighted by molar-refractivity contribution is 0.102. The van der Waals surface area contributed by atoms with Crippen LogP contribution in [0.1, 0.15) is 28.7 Å². The Morgan fingerprint density at radius 3 is 2.94 bits per heavy atom. The van der Waals surface area contributed by atoms with E-state index in [1.165, 1.54) is 12.5 Å². The molecule has 0 N–H and O–H groups in total. The number of ketones is 1. The van der Waals surface area contributed by atoms with Crippen molar-refractivity contribution in [2.24, 2.45) is 0 Å². The molecule has 2 rings (SSSR count). The predicted molar refractivity (Wildman–Crippen MR) is 59.8 cm³/mol. The molecule has 0 fully saturated rings.